The van der Waals surface area contributed by atoms with E-state index in [1.165, 1.54) is 26.4 Å². The van der Waals surface area contributed by atoms with E-state index in [2.05, 4.69) is 10.0 Å². The van der Waals surface area contributed by atoms with Gasteiger partial charge in [-0.1, -0.05) is 6.07 Å². The molecular weight excluding hydrogens is 332 g/mol. The van der Waals surface area contributed by atoms with Crippen molar-refractivity contribution in [3.05, 3.63) is 47.9 Å². The van der Waals surface area contributed by atoms with Gasteiger partial charge in [-0.2, -0.15) is 4.72 Å². The van der Waals surface area contributed by atoms with E-state index in [-0.39, 0.29) is 17.2 Å². The van der Waals surface area contributed by atoms with Gasteiger partial charge in [-0.15, -0.1) is 0 Å². The van der Waals surface area contributed by atoms with Crippen LogP contribution in [0.5, 0.6) is 5.75 Å². The molecule has 0 saturated carbocycles. The van der Waals surface area contributed by atoms with Gasteiger partial charge in [0.2, 0.25) is 15.9 Å². The van der Waals surface area contributed by atoms with E-state index in [4.69, 9.17) is 9.15 Å². The molecule has 1 aromatic carbocycles. The molecule has 7 nitrogen and oxygen atoms in total. The van der Waals surface area contributed by atoms with Gasteiger partial charge in [0.25, 0.3) is 0 Å². The highest BCUT2D eigenvalue weighted by atomic mass is 32.2. The maximum Gasteiger partial charge on any atom is 0.244 e. The zero-order valence-corrected chi connectivity index (χ0v) is 14.5. The summed E-state index contributed by atoms with van der Waals surface area (Å²) in [5.41, 5.74) is 0.770. The second kappa shape index (κ2) is 7.50. The number of methoxy groups -OCH3 is 1. The smallest absolute Gasteiger partial charge is 0.244 e. The van der Waals surface area contributed by atoms with Crippen LogP contribution in [0.4, 0.5) is 0 Å². The lowest BCUT2D eigenvalue weighted by atomic mass is 10.2. The fourth-order valence-electron chi connectivity index (χ4n) is 2.08. The molecular formula is C16H20N2O5S. The average molecular weight is 352 g/mol. The average Bonchev–Trinajstić information content (AvgIpc) is 3.05. The van der Waals surface area contributed by atoms with Gasteiger partial charge in [-0.3, -0.25) is 4.79 Å². The summed E-state index contributed by atoms with van der Waals surface area (Å²) < 4.78 is 37.6. The number of hydrogen-bond acceptors (Lipinski definition) is 5. The molecule has 0 spiro atoms. The van der Waals surface area contributed by atoms with Crippen LogP contribution in [-0.2, 0) is 21.4 Å². The molecule has 0 unspecified atom stereocenters. The standard InChI is InChI=1S/C16H20N2O5S/c1-11-6-7-14(22-3)15(9-11)24(20,21)18-12(2)16(19)17-10-13-5-4-8-23-13/h4-9,12,18H,10H2,1-3H3,(H,17,19)/t12-/m0/s1. The first kappa shape index (κ1) is 18.0. The van der Waals surface area contributed by atoms with E-state index in [1.807, 2.05) is 0 Å². The Balaban J connectivity index is 2.07. The lowest BCUT2D eigenvalue weighted by Gasteiger charge is -2.16. The highest BCUT2D eigenvalue weighted by Gasteiger charge is 2.25. The van der Waals surface area contributed by atoms with Crippen LogP contribution in [0, 0.1) is 6.92 Å². The number of aryl methyl sites for hydroxylation is 1. The molecule has 0 radical (unpaired) electrons. The molecule has 24 heavy (non-hydrogen) atoms. The predicted octanol–water partition coefficient (Wildman–Crippen LogP) is 1.58. The summed E-state index contributed by atoms with van der Waals surface area (Å²) in [4.78, 5) is 12.1. The van der Waals surface area contributed by atoms with Gasteiger partial charge in [0, 0.05) is 0 Å². The maximum atomic E-state index is 12.5. The summed E-state index contributed by atoms with van der Waals surface area (Å²) in [6, 6.07) is 7.29. The first-order chi connectivity index (χ1) is 11.3. The second-order valence-corrected chi connectivity index (χ2v) is 6.98. The van der Waals surface area contributed by atoms with Crippen LogP contribution in [-0.4, -0.2) is 27.5 Å². The Labute approximate surface area is 141 Å². The molecule has 8 heteroatoms. The number of rotatable bonds is 7. The van der Waals surface area contributed by atoms with Gasteiger partial charge >= 0.3 is 0 Å². The minimum absolute atomic E-state index is 0.00400. The highest BCUT2D eigenvalue weighted by molar-refractivity contribution is 7.89. The van der Waals surface area contributed by atoms with Crippen molar-refractivity contribution in [2.75, 3.05) is 7.11 Å². The minimum Gasteiger partial charge on any atom is -0.495 e. The molecule has 0 fully saturated rings. The molecule has 1 amide bonds. The topological polar surface area (TPSA) is 97.6 Å². The first-order valence-electron chi connectivity index (χ1n) is 7.30. The molecule has 0 bridgehead atoms. The van der Waals surface area contributed by atoms with Crippen LogP contribution in [0.2, 0.25) is 0 Å². The predicted molar refractivity (Wildman–Crippen MR) is 88.1 cm³/mol. The minimum atomic E-state index is -3.90. The fraction of sp³-hybridized carbons (Fsp3) is 0.312. The van der Waals surface area contributed by atoms with Crippen molar-refractivity contribution >= 4 is 15.9 Å². The summed E-state index contributed by atoms with van der Waals surface area (Å²) in [6.45, 7) is 3.43. The first-order valence-corrected chi connectivity index (χ1v) is 8.79. The zero-order valence-electron chi connectivity index (χ0n) is 13.7. The Kier molecular flexibility index (Phi) is 5.63. The van der Waals surface area contributed by atoms with Gasteiger partial charge in [0.05, 0.1) is 26.0 Å². The van der Waals surface area contributed by atoms with Crippen LogP contribution in [0.3, 0.4) is 0 Å². The third-order valence-corrected chi connectivity index (χ3v) is 4.91. The molecule has 0 aliphatic rings. The Hall–Kier alpha value is -2.32. The number of benzene rings is 1. The number of carbonyl (C=O) groups is 1. The van der Waals surface area contributed by atoms with Gasteiger partial charge in [0.15, 0.2) is 0 Å². The fourth-order valence-corrected chi connectivity index (χ4v) is 3.54. The van der Waals surface area contributed by atoms with E-state index in [9.17, 15) is 13.2 Å². The number of nitrogens with one attached hydrogen (secondary N) is 2. The van der Waals surface area contributed by atoms with Crippen LogP contribution in [0.1, 0.15) is 18.2 Å². The van der Waals surface area contributed by atoms with E-state index >= 15 is 0 Å². The summed E-state index contributed by atoms with van der Waals surface area (Å²) in [6.07, 6.45) is 1.50. The molecule has 1 aromatic heterocycles. The Bertz CT molecular complexity index is 800. The molecule has 130 valence electrons. The third-order valence-electron chi connectivity index (χ3n) is 3.35. The highest BCUT2D eigenvalue weighted by Crippen LogP contribution is 2.24. The third kappa shape index (κ3) is 4.36. The molecule has 0 aliphatic heterocycles. The van der Waals surface area contributed by atoms with Crippen LogP contribution in [0.25, 0.3) is 0 Å². The quantitative estimate of drug-likeness (QED) is 0.788. The van der Waals surface area contributed by atoms with Gasteiger partial charge < -0.3 is 14.5 Å². The lowest BCUT2D eigenvalue weighted by molar-refractivity contribution is -0.122. The molecule has 1 atom stereocenters. The van der Waals surface area contributed by atoms with Crippen LogP contribution in [0.15, 0.2) is 45.9 Å². The van der Waals surface area contributed by atoms with Crippen molar-refractivity contribution in [3.8, 4) is 5.75 Å². The lowest BCUT2D eigenvalue weighted by Crippen LogP contribution is -2.44. The Morgan fingerprint density at radius 2 is 2.08 bits per heavy atom. The van der Waals surface area contributed by atoms with Crippen molar-refractivity contribution in [2.24, 2.45) is 0 Å². The monoisotopic (exact) mass is 352 g/mol. The molecule has 1 heterocycles. The molecule has 2 N–H and O–H groups in total. The number of sulfonamides is 1. The van der Waals surface area contributed by atoms with E-state index in [0.29, 0.717) is 5.76 Å². The second-order valence-electron chi connectivity index (χ2n) is 5.29. The zero-order chi connectivity index (χ0) is 17.7. The number of furan rings is 1. The van der Waals surface area contributed by atoms with Gasteiger partial charge in [-0.05, 0) is 43.7 Å². The largest absolute Gasteiger partial charge is 0.495 e. The van der Waals surface area contributed by atoms with E-state index in [1.54, 1.807) is 31.2 Å². The van der Waals surface area contributed by atoms with Crippen LogP contribution < -0.4 is 14.8 Å². The summed E-state index contributed by atoms with van der Waals surface area (Å²) in [7, 11) is -2.51. The molecule has 0 aliphatic carbocycles. The molecule has 2 rings (SSSR count). The maximum absolute atomic E-state index is 12.5. The van der Waals surface area contributed by atoms with Crippen molar-refractivity contribution in [1.29, 1.82) is 0 Å². The van der Waals surface area contributed by atoms with Crippen molar-refractivity contribution < 1.29 is 22.4 Å². The summed E-state index contributed by atoms with van der Waals surface area (Å²) in [5, 5.41) is 2.61. The summed E-state index contributed by atoms with van der Waals surface area (Å²) in [5.74, 6) is 0.344. The van der Waals surface area contributed by atoms with Crippen molar-refractivity contribution in [3.63, 3.8) is 0 Å². The molecule has 2 aromatic rings. The number of carbonyl (C=O) groups excluding carboxylic acids is 1. The van der Waals surface area contributed by atoms with Gasteiger partial charge in [-0.25, -0.2) is 8.42 Å². The number of ether oxygens (including phenoxy) is 1. The number of hydrogen-bond donors (Lipinski definition) is 2. The Morgan fingerprint density at radius 3 is 2.71 bits per heavy atom. The van der Waals surface area contributed by atoms with Gasteiger partial charge in [0.1, 0.15) is 16.4 Å². The Morgan fingerprint density at radius 1 is 1.33 bits per heavy atom. The van der Waals surface area contributed by atoms with Crippen molar-refractivity contribution in [2.45, 2.75) is 31.3 Å². The van der Waals surface area contributed by atoms with Crippen molar-refractivity contribution in [1.82, 2.24) is 10.0 Å². The molecule has 0 saturated heterocycles. The normalized spacial score (nSPS) is 12.6. The summed E-state index contributed by atoms with van der Waals surface area (Å²) >= 11 is 0. The SMILES string of the molecule is COc1ccc(C)cc1S(=O)(=O)N[C@@H](C)C(=O)NCc1ccco1. The van der Waals surface area contributed by atoms with Crippen LogP contribution >= 0.6 is 0 Å². The number of amides is 1. The van der Waals surface area contributed by atoms with E-state index in [0.717, 1.165) is 5.56 Å². The van der Waals surface area contributed by atoms with E-state index < -0.39 is 22.0 Å².